The van der Waals surface area contributed by atoms with Gasteiger partial charge in [-0.1, -0.05) is 12.1 Å². The number of carbonyl (C=O) groups excluding carboxylic acids is 3. The largest absolute Gasteiger partial charge is 0.482 e. The second-order valence-corrected chi connectivity index (χ2v) is 8.32. The van der Waals surface area contributed by atoms with E-state index < -0.39 is 29.9 Å². The maximum absolute atomic E-state index is 13.8. The SMILES string of the molecule is O=C(COc1ccccc1F)c1ccc2c(c1)N(Cc1ccc(C(=O)Nc3ccc(F)cc3)o1)C(=O)CO2. The van der Waals surface area contributed by atoms with Gasteiger partial charge in [0.2, 0.25) is 0 Å². The summed E-state index contributed by atoms with van der Waals surface area (Å²) in [6.07, 6.45) is 0. The highest BCUT2D eigenvalue weighted by molar-refractivity contribution is 6.03. The van der Waals surface area contributed by atoms with Crippen LogP contribution in [0.4, 0.5) is 20.2 Å². The average molecular weight is 518 g/mol. The summed E-state index contributed by atoms with van der Waals surface area (Å²) in [5.41, 5.74) is 0.969. The van der Waals surface area contributed by atoms with E-state index in [2.05, 4.69) is 5.32 Å². The minimum absolute atomic E-state index is 0.000483. The Labute approximate surface area is 215 Å². The summed E-state index contributed by atoms with van der Waals surface area (Å²) < 4.78 is 43.3. The highest BCUT2D eigenvalue weighted by atomic mass is 19.1. The summed E-state index contributed by atoms with van der Waals surface area (Å²) in [7, 11) is 0. The number of nitrogens with one attached hydrogen (secondary N) is 1. The van der Waals surface area contributed by atoms with E-state index in [-0.39, 0.29) is 36.1 Å². The second-order valence-electron chi connectivity index (χ2n) is 8.32. The van der Waals surface area contributed by atoms with Gasteiger partial charge in [-0.05, 0) is 66.7 Å². The van der Waals surface area contributed by atoms with E-state index in [0.717, 1.165) is 0 Å². The van der Waals surface area contributed by atoms with Gasteiger partial charge in [0, 0.05) is 11.3 Å². The lowest BCUT2D eigenvalue weighted by molar-refractivity contribution is -0.121. The van der Waals surface area contributed by atoms with Crippen molar-refractivity contribution < 1.29 is 37.1 Å². The first-order valence-electron chi connectivity index (χ1n) is 11.5. The van der Waals surface area contributed by atoms with Crippen LogP contribution < -0.4 is 19.7 Å². The monoisotopic (exact) mass is 518 g/mol. The zero-order chi connectivity index (χ0) is 26.6. The molecular weight excluding hydrogens is 498 g/mol. The van der Waals surface area contributed by atoms with Gasteiger partial charge in [-0.15, -0.1) is 0 Å². The summed E-state index contributed by atoms with van der Waals surface area (Å²) >= 11 is 0. The molecule has 1 aliphatic rings. The predicted molar refractivity (Wildman–Crippen MR) is 132 cm³/mol. The number of ketones is 1. The third-order valence-electron chi connectivity index (χ3n) is 5.72. The number of rotatable bonds is 8. The van der Waals surface area contributed by atoms with E-state index in [1.807, 2.05) is 0 Å². The number of carbonyl (C=O) groups is 3. The Balaban J connectivity index is 1.30. The van der Waals surface area contributed by atoms with Crippen LogP contribution in [0, 0.1) is 11.6 Å². The van der Waals surface area contributed by atoms with Crippen molar-refractivity contribution in [3.63, 3.8) is 0 Å². The van der Waals surface area contributed by atoms with E-state index in [1.165, 1.54) is 65.6 Å². The van der Waals surface area contributed by atoms with Gasteiger partial charge in [-0.2, -0.15) is 0 Å². The zero-order valence-electron chi connectivity index (χ0n) is 19.8. The van der Waals surface area contributed by atoms with Gasteiger partial charge in [0.1, 0.15) is 17.3 Å². The van der Waals surface area contributed by atoms with Gasteiger partial charge in [0.25, 0.3) is 11.8 Å². The number of amides is 2. The molecule has 3 aromatic carbocycles. The van der Waals surface area contributed by atoms with Gasteiger partial charge in [-0.25, -0.2) is 8.78 Å². The fourth-order valence-corrected chi connectivity index (χ4v) is 3.80. The third-order valence-corrected chi connectivity index (χ3v) is 5.72. The van der Waals surface area contributed by atoms with Gasteiger partial charge < -0.3 is 19.2 Å². The van der Waals surface area contributed by atoms with Crippen LogP contribution in [0.25, 0.3) is 0 Å². The number of benzene rings is 3. The smallest absolute Gasteiger partial charge is 0.291 e. The van der Waals surface area contributed by atoms with Crippen molar-refractivity contribution in [1.82, 2.24) is 0 Å². The Morgan fingerprint density at radius 1 is 0.974 bits per heavy atom. The molecule has 8 nitrogen and oxygen atoms in total. The minimum Gasteiger partial charge on any atom is -0.482 e. The van der Waals surface area contributed by atoms with Crippen LogP contribution in [0.5, 0.6) is 11.5 Å². The molecule has 1 aliphatic heterocycles. The number of furan rings is 1. The lowest BCUT2D eigenvalue weighted by Gasteiger charge is -2.29. The van der Waals surface area contributed by atoms with Crippen molar-refractivity contribution in [2.24, 2.45) is 0 Å². The predicted octanol–water partition coefficient (Wildman–Crippen LogP) is 5.00. The van der Waals surface area contributed by atoms with Crippen LogP contribution in [0.2, 0.25) is 0 Å². The Bertz CT molecular complexity index is 1520. The van der Waals surface area contributed by atoms with Crippen molar-refractivity contribution in [2.45, 2.75) is 6.54 Å². The third kappa shape index (κ3) is 5.39. The molecule has 192 valence electrons. The van der Waals surface area contributed by atoms with Gasteiger partial charge in [-0.3, -0.25) is 19.3 Å². The molecule has 0 aliphatic carbocycles. The van der Waals surface area contributed by atoms with Crippen LogP contribution >= 0.6 is 0 Å². The molecule has 2 heterocycles. The molecule has 0 unspecified atom stereocenters. The van der Waals surface area contributed by atoms with Gasteiger partial charge in [0.15, 0.2) is 36.3 Å². The molecule has 1 aromatic heterocycles. The Kier molecular flexibility index (Phi) is 6.86. The van der Waals surface area contributed by atoms with Crippen molar-refractivity contribution in [2.75, 3.05) is 23.4 Å². The summed E-state index contributed by atoms with van der Waals surface area (Å²) in [6, 6.07) is 18.6. The molecule has 4 aromatic rings. The van der Waals surface area contributed by atoms with E-state index in [9.17, 15) is 23.2 Å². The van der Waals surface area contributed by atoms with E-state index in [0.29, 0.717) is 22.9 Å². The molecule has 0 saturated heterocycles. The maximum atomic E-state index is 13.8. The molecule has 0 fully saturated rings. The van der Waals surface area contributed by atoms with E-state index in [1.54, 1.807) is 18.2 Å². The molecule has 0 spiro atoms. The number of anilines is 2. The molecule has 1 N–H and O–H groups in total. The summed E-state index contributed by atoms with van der Waals surface area (Å²) in [4.78, 5) is 39.3. The first kappa shape index (κ1) is 24.7. The minimum atomic E-state index is -0.583. The zero-order valence-corrected chi connectivity index (χ0v) is 19.8. The van der Waals surface area contributed by atoms with Crippen LogP contribution in [0.3, 0.4) is 0 Å². The van der Waals surface area contributed by atoms with Crippen LogP contribution in [0.15, 0.2) is 83.3 Å². The Hall–Kier alpha value is -4.99. The standard InChI is InChI=1S/C28H20F2N2O6/c29-18-6-8-19(9-7-18)31-28(35)26-12-10-20(38-26)14-32-22-13-17(5-11-25(22)37-16-27(32)34)23(33)15-36-24-4-2-1-3-21(24)30/h1-13H,14-16H2,(H,31,35). The number of fused-ring (bicyclic) bond motifs is 1. The van der Waals surface area contributed by atoms with E-state index in [4.69, 9.17) is 13.9 Å². The highest BCUT2D eigenvalue weighted by Crippen LogP contribution is 2.34. The molecule has 0 bridgehead atoms. The topological polar surface area (TPSA) is 98.1 Å². The molecule has 10 heteroatoms. The van der Waals surface area contributed by atoms with Crippen molar-refractivity contribution in [1.29, 1.82) is 0 Å². The summed E-state index contributed by atoms with van der Waals surface area (Å²) in [5, 5.41) is 2.60. The van der Waals surface area contributed by atoms with E-state index >= 15 is 0 Å². The first-order valence-corrected chi connectivity index (χ1v) is 11.5. The summed E-state index contributed by atoms with van der Waals surface area (Å²) in [6.45, 7) is -0.642. The van der Waals surface area contributed by atoms with Crippen LogP contribution in [-0.4, -0.2) is 30.8 Å². The quantitative estimate of drug-likeness (QED) is 0.330. The molecule has 2 amide bonds. The molecule has 38 heavy (non-hydrogen) atoms. The number of hydrogen-bond donors (Lipinski definition) is 1. The second kappa shape index (κ2) is 10.6. The molecule has 0 radical (unpaired) electrons. The van der Waals surface area contributed by atoms with Crippen molar-refractivity contribution in [3.05, 3.63) is 108 Å². The molecular formula is C28H20F2N2O6. The first-order chi connectivity index (χ1) is 18.4. The number of nitrogens with zero attached hydrogens (tertiary/aromatic N) is 1. The highest BCUT2D eigenvalue weighted by Gasteiger charge is 2.28. The Morgan fingerprint density at radius 2 is 1.76 bits per heavy atom. The number of ether oxygens (including phenoxy) is 2. The lowest BCUT2D eigenvalue weighted by Crippen LogP contribution is -2.38. The summed E-state index contributed by atoms with van der Waals surface area (Å²) in [5.74, 6) is -1.70. The maximum Gasteiger partial charge on any atom is 0.291 e. The fourth-order valence-electron chi connectivity index (χ4n) is 3.80. The molecule has 0 saturated carbocycles. The Morgan fingerprint density at radius 3 is 2.55 bits per heavy atom. The molecule has 5 rings (SSSR count). The fraction of sp³-hybridized carbons (Fsp3) is 0.107. The van der Waals surface area contributed by atoms with Gasteiger partial charge >= 0.3 is 0 Å². The molecule has 0 atom stereocenters. The van der Waals surface area contributed by atoms with Crippen molar-refractivity contribution in [3.8, 4) is 11.5 Å². The normalized spacial score (nSPS) is 12.5. The number of hydrogen-bond acceptors (Lipinski definition) is 6. The lowest BCUT2D eigenvalue weighted by atomic mass is 10.1. The average Bonchev–Trinajstić information content (AvgIpc) is 3.39. The number of halogens is 2. The number of Topliss-reactive ketones (excluding diaryl/α,β-unsaturated/α-hetero) is 1. The van der Waals surface area contributed by atoms with Crippen LogP contribution in [0.1, 0.15) is 26.7 Å². The van der Waals surface area contributed by atoms with Crippen molar-refractivity contribution >= 4 is 29.0 Å². The van der Waals surface area contributed by atoms with Gasteiger partial charge in [0.05, 0.1) is 12.2 Å². The van der Waals surface area contributed by atoms with Crippen LogP contribution in [-0.2, 0) is 11.3 Å². The number of para-hydroxylation sites is 1.